The summed E-state index contributed by atoms with van der Waals surface area (Å²) in [6.07, 6.45) is 2.03. The van der Waals surface area contributed by atoms with Crippen LogP contribution in [-0.4, -0.2) is 42.7 Å². The van der Waals surface area contributed by atoms with Crippen molar-refractivity contribution in [3.8, 4) is 0 Å². The molecule has 0 bridgehead atoms. The highest BCUT2D eigenvalue weighted by molar-refractivity contribution is 5.93. The molecule has 4 N–H and O–H groups in total. The fourth-order valence-electron chi connectivity index (χ4n) is 3.02. The van der Waals surface area contributed by atoms with Crippen molar-refractivity contribution in [3.05, 3.63) is 0 Å². The molecule has 2 fully saturated rings. The van der Waals surface area contributed by atoms with Crippen LogP contribution in [0.4, 0.5) is 0 Å². The minimum absolute atomic E-state index is 0.0107. The van der Waals surface area contributed by atoms with E-state index < -0.39 is 17.0 Å². The van der Waals surface area contributed by atoms with Gasteiger partial charge in [-0.25, -0.2) is 0 Å². The number of hydrogen-bond acceptors (Lipinski definition) is 4. The lowest BCUT2D eigenvalue weighted by Gasteiger charge is -2.57. The number of hydrogen-bond donors (Lipinski definition) is 3. The van der Waals surface area contributed by atoms with E-state index in [9.17, 15) is 9.59 Å². The van der Waals surface area contributed by atoms with Crippen LogP contribution in [-0.2, 0) is 14.3 Å². The molecule has 3 unspecified atom stereocenters. The second-order valence-corrected chi connectivity index (χ2v) is 6.30. The van der Waals surface area contributed by atoms with Gasteiger partial charge in [-0.3, -0.25) is 9.59 Å². The summed E-state index contributed by atoms with van der Waals surface area (Å²) in [5.41, 5.74) is 4.88. The fraction of sp³-hybridized carbons (Fsp3) is 0.857. The van der Waals surface area contributed by atoms with E-state index in [0.717, 1.165) is 6.42 Å². The second-order valence-electron chi connectivity index (χ2n) is 6.30. The van der Waals surface area contributed by atoms with Gasteiger partial charge in [-0.1, -0.05) is 13.8 Å². The zero-order chi connectivity index (χ0) is 15.0. The predicted molar refractivity (Wildman–Crippen MR) is 74.9 cm³/mol. The zero-order valence-corrected chi connectivity index (χ0v) is 12.5. The minimum Gasteiger partial charge on any atom is -0.378 e. The van der Waals surface area contributed by atoms with Gasteiger partial charge in [-0.15, -0.1) is 0 Å². The average molecular weight is 283 g/mol. The van der Waals surface area contributed by atoms with Gasteiger partial charge in [-0.05, 0) is 19.8 Å². The maximum Gasteiger partial charge on any atom is 0.242 e. The maximum atomic E-state index is 12.5. The van der Waals surface area contributed by atoms with Crippen LogP contribution >= 0.6 is 0 Å². The van der Waals surface area contributed by atoms with Crippen molar-refractivity contribution in [2.45, 2.75) is 57.7 Å². The van der Waals surface area contributed by atoms with Gasteiger partial charge < -0.3 is 21.1 Å². The Balaban J connectivity index is 2.00. The van der Waals surface area contributed by atoms with Crippen molar-refractivity contribution in [2.75, 3.05) is 13.2 Å². The molecule has 1 saturated carbocycles. The van der Waals surface area contributed by atoms with Gasteiger partial charge in [0, 0.05) is 25.0 Å². The number of nitrogens with one attached hydrogen (secondary N) is 2. The number of carbonyl (C=O) groups excluding carboxylic acids is 2. The molecule has 6 heteroatoms. The quantitative estimate of drug-likeness (QED) is 0.672. The number of carbonyl (C=O) groups is 2. The van der Waals surface area contributed by atoms with Crippen LogP contribution in [0, 0.1) is 5.41 Å². The molecular formula is C14H25N3O3. The third kappa shape index (κ3) is 2.31. The third-order valence-corrected chi connectivity index (χ3v) is 4.83. The standard InChI is InChI=1S/C14H25N3O3/c1-4-20-10-8-14(15,13(10,2)3)12(19)17-9-6-5-7-16-11(9)18/h9-10H,4-8,15H2,1-3H3,(H,16,18)(H,17,19). The number of ether oxygens (including phenoxy) is 1. The first-order valence-corrected chi connectivity index (χ1v) is 7.32. The van der Waals surface area contributed by atoms with E-state index in [4.69, 9.17) is 10.5 Å². The van der Waals surface area contributed by atoms with Crippen LogP contribution in [0.15, 0.2) is 0 Å². The molecule has 0 radical (unpaired) electrons. The smallest absolute Gasteiger partial charge is 0.242 e. The van der Waals surface area contributed by atoms with Crippen LogP contribution in [0.2, 0.25) is 0 Å². The van der Waals surface area contributed by atoms with Crippen molar-refractivity contribution in [3.63, 3.8) is 0 Å². The molecule has 2 amide bonds. The van der Waals surface area contributed by atoms with Gasteiger partial charge in [0.1, 0.15) is 11.6 Å². The van der Waals surface area contributed by atoms with Crippen molar-refractivity contribution in [1.29, 1.82) is 0 Å². The molecule has 2 aliphatic rings. The fourth-order valence-corrected chi connectivity index (χ4v) is 3.02. The summed E-state index contributed by atoms with van der Waals surface area (Å²) in [4.78, 5) is 24.2. The molecule has 6 nitrogen and oxygen atoms in total. The summed E-state index contributed by atoms with van der Waals surface area (Å²) in [5, 5.41) is 5.55. The summed E-state index contributed by atoms with van der Waals surface area (Å²) in [5.74, 6) is -0.368. The zero-order valence-electron chi connectivity index (χ0n) is 12.5. The lowest BCUT2D eigenvalue weighted by molar-refractivity contribution is -0.171. The van der Waals surface area contributed by atoms with E-state index in [1.165, 1.54) is 0 Å². The molecule has 1 heterocycles. The van der Waals surface area contributed by atoms with Gasteiger partial charge in [0.2, 0.25) is 11.8 Å². The maximum absolute atomic E-state index is 12.5. The lowest BCUT2D eigenvalue weighted by Crippen LogP contribution is -2.76. The average Bonchev–Trinajstić information content (AvgIpc) is 2.40. The first kappa shape index (κ1) is 15.3. The predicted octanol–water partition coefficient (Wildman–Crippen LogP) is -0.0863. The summed E-state index contributed by atoms with van der Waals surface area (Å²) in [7, 11) is 0. The van der Waals surface area contributed by atoms with Crippen LogP contribution in [0.5, 0.6) is 0 Å². The van der Waals surface area contributed by atoms with Crippen LogP contribution < -0.4 is 16.4 Å². The third-order valence-electron chi connectivity index (χ3n) is 4.83. The Morgan fingerprint density at radius 2 is 2.25 bits per heavy atom. The Bertz CT molecular complexity index is 410. The summed E-state index contributed by atoms with van der Waals surface area (Å²) in [6, 6.07) is -0.460. The van der Waals surface area contributed by atoms with E-state index >= 15 is 0 Å². The van der Waals surface area contributed by atoms with Crippen molar-refractivity contribution in [2.24, 2.45) is 11.1 Å². The van der Waals surface area contributed by atoms with Crippen LogP contribution in [0.3, 0.4) is 0 Å². The monoisotopic (exact) mass is 283 g/mol. The Hall–Kier alpha value is -1.14. The Morgan fingerprint density at radius 3 is 2.80 bits per heavy atom. The summed E-state index contributed by atoms with van der Waals surface area (Å²) < 4.78 is 5.61. The number of amides is 2. The first-order chi connectivity index (χ1) is 9.33. The van der Waals surface area contributed by atoms with Crippen molar-refractivity contribution >= 4 is 11.8 Å². The van der Waals surface area contributed by atoms with Gasteiger partial charge in [0.15, 0.2) is 0 Å². The van der Waals surface area contributed by atoms with Gasteiger partial charge in [0.25, 0.3) is 0 Å². The molecule has 1 aliphatic carbocycles. The lowest BCUT2D eigenvalue weighted by atomic mass is 9.54. The number of rotatable bonds is 4. The van der Waals surface area contributed by atoms with Gasteiger partial charge in [-0.2, -0.15) is 0 Å². The van der Waals surface area contributed by atoms with Crippen LogP contribution in [0.1, 0.15) is 40.0 Å². The van der Waals surface area contributed by atoms with E-state index in [1.807, 2.05) is 20.8 Å². The number of piperidine rings is 1. The highest BCUT2D eigenvalue weighted by Crippen LogP contribution is 2.49. The molecule has 0 spiro atoms. The normalized spacial score (nSPS) is 35.9. The molecule has 3 atom stereocenters. The Labute approximate surface area is 119 Å². The van der Waals surface area contributed by atoms with Gasteiger partial charge in [0.05, 0.1) is 6.10 Å². The molecule has 1 aliphatic heterocycles. The SMILES string of the molecule is CCOC1CC(N)(C(=O)NC2CCCNC2=O)C1(C)C. The highest BCUT2D eigenvalue weighted by atomic mass is 16.5. The molecule has 0 aromatic rings. The van der Waals surface area contributed by atoms with Crippen molar-refractivity contribution in [1.82, 2.24) is 10.6 Å². The Kier molecular flexibility index (Phi) is 4.07. The molecule has 0 aromatic carbocycles. The van der Waals surface area contributed by atoms with E-state index in [-0.39, 0.29) is 17.9 Å². The largest absolute Gasteiger partial charge is 0.378 e. The van der Waals surface area contributed by atoms with Gasteiger partial charge >= 0.3 is 0 Å². The first-order valence-electron chi connectivity index (χ1n) is 7.32. The Morgan fingerprint density at radius 1 is 1.55 bits per heavy atom. The molecule has 20 heavy (non-hydrogen) atoms. The molecule has 1 saturated heterocycles. The highest BCUT2D eigenvalue weighted by Gasteiger charge is 2.63. The van der Waals surface area contributed by atoms with E-state index in [0.29, 0.717) is 26.0 Å². The summed E-state index contributed by atoms with van der Waals surface area (Å²) >= 11 is 0. The molecule has 2 rings (SSSR count). The van der Waals surface area contributed by atoms with E-state index in [1.54, 1.807) is 0 Å². The van der Waals surface area contributed by atoms with Crippen LogP contribution in [0.25, 0.3) is 0 Å². The molecular weight excluding hydrogens is 258 g/mol. The molecule has 0 aromatic heterocycles. The topological polar surface area (TPSA) is 93.4 Å². The second kappa shape index (κ2) is 5.33. The minimum atomic E-state index is -0.968. The molecule has 114 valence electrons. The van der Waals surface area contributed by atoms with E-state index in [2.05, 4.69) is 10.6 Å². The van der Waals surface area contributed by atoms with Crippen molar-refractivity contribution < 1.29 is 14.3 Å². The number of nitrogens with two attached hydrogens (primary N) is 1. The summed E-state index contributed by atoms with van der Waals surface area (Å²) in [6.45, 7) is 7.10.